The minimum absolute atomic E-state index is 0.127. The van der Waals surface area contributed by atoms with Crippen LogP contribution in [-0.4, -0.2) is 23.5 Å². The third-order valence-electron chi connectivity index (χ3n) is 4.38. The summed E-state index contributed by atoms with van der Waals surface area (Å²) in [6, 6.07) is 13.4. The van der Waals surface area contributed by atoms with E-state index in [0.717, 1.165) is 0 Å². The van der Waals surface area contributed by atoms with E-state index in [1.54, 1.807) is 50.2 Å². The number of rotatable bonds is 5. The molecule has 0 spiro atoms. The molecule has 0 fully saturated rings. The number of nitrogens with zero attached hydrogens (tertiary/aromatic N) is 2. The second-order valence-electron chi connectivity index (χ2n) is 6.15. The number of urea groups is 1. The number of allylic oxidation sites excluding steroid dienone is 1. The van der Waals surface area contributed by atoms with Crippen LogP contribution in [0.1, 0.15) is 25.5 Å². The standard InChI is InChI=1S/C20H19N3O5/c1-3-28-19(24)17-13(2)21-20(25)22(15-9-5-4-6-10-15)18(17)14-8-7-11-16(12-14)23(26)27/h4-12,18H,3H2,1-2H3,(H,21,25). The molecule has 2 aromatic carbocycles. The average Bonchev–Trinajstić information content (AvgIpc) is 2.68. The van der Waals surface area contributed by atoms with Gasteiger partial charge in [0.15, 0.2) is 0 Å². The van der Waals surface area contributed by atoms with Crippen molar-refractivity contribution in [3.63, 3.8) is 0 Å². The van der Waals surface area contributed by atoms with Crippen LogP contribution in [0.15, 0.2) is 65.9 Å². The number of carbonyl (C=O) groups is 2. The third-order valence-corrected chi connectivity index (χ3v) is 4.38. The Morgan fingerprint density at radius 3 is 2.57 bits per heavy atom. The SMILES string of the molecule is CCOC(=O)C1=C(C)NC(=O)N(c2ccccc2)C1c1cccc([N+](=O)[O-])c1. The Balaban J connectivity index is 2.22. The highest BCUT2D eigenvalue weighted by Gasteiger charge is 2.39. The highest BCUT2D eigenvalue weighted by Crippen LogP contribution is 2.38. The number of carbonyl (C=O) groups excluding carboxylic acids is 2. The van der Waals surface area contributed by atoms with E-state index < -0.39 is 23.0 Å². The first kappa shape index (κ1) is 19.1. The maximum atomic E-state index is 12.8. The molecule has 2 aromatic rings. The Morgan fingerprint density at radius 1 is 1.21 bits per heavy atom. The second-order valence-corrected chi connectivity index (χ2v) is 6.15. The molecule has 1 aliphatic heterocycles. The number of amides is 2. The molecular weight excluding hydrogens is 362 g/mol. The molecule has 2 amide bonds. The molecule has 8 nitrogen and oxygen atoms in total. The van der Waals surface area contributed by atoms with E-state index in [1.807, 2.05) is 0 Å². The first-order valence-electron chi connectivity index (χ1n) is 8.71. The molecule has 1 unspecified atom stereocenters. The van der Waals surface area contributed by atoms with Crippen LogP contribution in [0.25, 0.3) is 0 Å². The van der Waals surface area contributed by atoms with Crippen molar-refractivity contribution in [2.24, 2.45) is 0 Å². The fraction of sp³-hybridized carbons (Fsp3) is 0.200. The number of benzene rings is 2. The van der Waals surface area contributed by atoms with Gasteiger partial charge < -0.3 is 10.1 Å². The molecular formula is C20H19N3O5. The summed E-state index contributed by atoms with van der Waals surface area (Å²) in [5, 5.41) is 13.9. The Kier molecular flexibility index (Phi) is 5.39. The molecule has 1 aliphatic rings. The van der Waals surface area contributed by atoms with Gasteiger partial charge in [-0.25, -0.2) is 9.59 Å². The predicted molar refractivity (Wildman–Crippen MR) is 103 cm³/mol. The van der Waals surface area contributed by atoms with Gasteiger partial charge >= 0.3 is 12.0 Å². The zero-order chi connectivity index (χ0) is 20.3. The van der Waals surface area contributed by atoms with Gasteiger partial charge in [-0.15, -0.1) is 0 Å². The normalized spacial score (nSPS) is 16.6. The van der Waals surface area contributed by atoms with Crippen LogP contribution in [-0.2, 0) is 9.53 Å². The number of esters is 1. The van der Waals surface area contributed by atoms with Crippen LogP contribution in [0, 0.1) is 10.1 Å². The van der Waals surface area contributed by atoms with Crippen LogP contribution >= 0.6 is 0 Å². The highest BCUT2D eigenvalue weighted by atomic mass is 16.6. The van der Waals surface area contributed by atoms with Crippen LogP contribution in [0.4, 0.5) is 16.2 Å². The first-order chi connectivity index (χ1) is 13.4. The van der Waals surface area contributed by atoms with Crippen LogP contribution in [0.3, 0.4) is 0 Å². The van der Waals surface area contributed by atoms with E-state index in [4.69, 9.17) is 4.74 Å². The number of hydrogen-bond acceptors (Lipinski definition) is 5. The molecule has 8 heteroatoms. The third kappa shape index (κ3) is 3.57. The first-order valence-corrected chi connectivity index (χ1v) is 8.71. The van der Waals surface area contributed by atoms with Gasteiger partial charge in [-0.05, 0) is 31.5 Å². The Bertz CT molecular complexity index is 955. The van der Waals surface area contributed by atoms with Crippen molar-refractivity contribution in [1.82, 2.24) is 5.32 Å². The minimum Gasteiger partial charge on any atom is -0.463 e. The largest absolute Gasteiger partial charge is 0.463 e. The smallest absolute Gasteiger partial charge is 0.338 e. The van der Waals surface area contributed by atoms with Gasteiger partial charge in [0.25, 0.3) is 5.69 Å². The van der Waals surface area contributed by atoms with E-state index in [9.17, 15) is 19.7 Å². The maximum Gasteiger partial charge on any atom is 0.338 e. The topological polar surface area (TPSA) is 102 Å². The lowest BCUT2D eigenvalue weighted by Crippen LogP contribution is -2.48. The molecule has 1 atom stereocenters. The van der Waals surface area contributed by atoms with Crippen molar-refractivity contribution < 1.29 is 19.2 Å². The van der Waals surface area contributed by atoms with Crippen molar-refractivity contribution in [3.8, 4) is 0 Å². The summed E-state index contributed by atoms with van der Waals surface area (Å²) in [4.78, 5) is 37.7. The summed E-state index contributed by atoms with van der Waals surface area (Å²) in [5.74, 6) is -0.586. The number of para-hydroxylation sites is 1. The highest BCUT2D eigenvalue weighted by molar-refractivity contribution is 6.02. The molecule has 144 valence electrons. The quantitative estimate of drug-likeness (QED) is 0.483. The average molecular weight is 381 g/mol. The van der Waals surface area contributed by atoms with Crippen LogP contribution in [0.5, 0.6) is 0 Å². The van der Waals surface area contributed by atoms with Crippen molar-refractivity contribution in [1.29, 1.82) is 0 Å². The van der Waals surface area contributed by atoms with Gasteiger partial charge in [0.05, 0.1) is 23.1 Å². The van der Waals surface area contributed by atoms with Crippen LogP contribution in [0.2, 0.25) is 0 Å². The lowest BCUT2D eigenvalue weighted by Gasteiger charge is -2.37. The Labute approximate surface area is 161 Å². The van der Waals surface area contributed by atoms with E-state index >= 15 is 0 Å². The molecule has 0 aromatic heterocycles. The molecule has 0 radical (unpaired) electrons. The molecule has 0 bridgehead atoms. The Morgan fingerprint density at radius 2 is 1.93 bits per heavy atom. The van der Waals surface area contributed by atoms with Crippen LogP contribution < -0.4 is 10.2 Å². The number of hydrogen-bond donors (Lipinski definition) is 1. The summed E-state index contributed by atoms with van der Waals surface area (Å²) in [5.41, 5.74) is 1.44. The molecule has 0 saturated heterocycles. The zero-order valence-electron chi connectivity index (χ0n) is 15.4. The van der Waals surface area contributed by atoms with Gasteiger partial charge in [-0.2, -0.15) is 0 Å². The van der Waals surface area contributed by atoms with Crippen molar-refractivity contribution in [2.45, 2.75) is 19.9 Å². The lowest BCUT2D eigenvalue weighted by molar-refractivity contribution is -0.384. The summed E-state index contributed by atoms with van der Waals surface area (Å²) in [7, 11) is 0. The number of nitrogens with one attached hydrogen (secondary N) is 1. The Hall–Kier alpha value is -3.68. The van der Waals surface area contributed by atoms with E-state index in [2.05, 4.69) is 5.32 Å². The van der Waals surface area contributed by atoms with Gasteiger partial charge in [0.1, 0.15) is 0 Å². The number of ether oxygens (including phenoxy) is 1. The summed E-state index contributed by atoms with van der Waals surface area (Å²) >= 11 is 0. The molecule has 0 aliphatic carbocycles. The fourth-order valence-electron chi connectivity index (χ4n) is 3.19. The van der Waals surface area contributed by atoms with Gasteiger partial charge in [0, 0.05) is 23.5 Å². The van der Waals surface area contributed by atoms with Gasteiger partial charge in [-0.3, -0.25) is 15.0 Å². The summed E-state index contributed by atoms with van der Waals surface area (Å²) in [6.07, 6.45) is 0. The van der Waals surface area contributed by atoms with Crippen molar-refractivity contribution in [3.05, 3.63) is 81.5 Å². The lowest BCUT2D eigenvalue weighted by atomic mass is 9.93. The number of nitro benzene ring substituents is 1. The maximum absolute atomic E-state index is 12.8. The zero-order valence-corrected chi connectivity index (χ0v) is 15.4. The van der Waals surface area contributed by atoms with E-state index in [-0.39, 0.29) is 17.9 Å². The molecule has 1 N–H and O–H groups in total. The molecule has 28 heavy (non-hydrogen) atoms. The van der Waals surface area contributed by atoms with Crippen molar-refractivity contribution in [2.75, 3.05) is 11.5 Å². The van der Waals surface area contributed by atoms with Crippen molar-refractivity contribution >= 4 is 23.4 Å². The second kappa shape index (κ2) is 7.91. The molecule has 1 heterocycles. The number of anilines is 1. The summed E-state index contributed by atoms with van der Waals surface area (Å²) < 4.78 is 5.19. The molecule has 0 saturated carbocycles. The minimum atomic E-state index is -0.866. The fourth-order valence-corrected chi connectivity index (χ4v) is 3.19. The van der Waals surface area contributed by atoms with E-state index in [1.165, 1.54) is 23.1 Å². The van der Waals surface area contributed by atoms with Gasteiger partial charge in [0.2, 0.25) is 0 Å². The van der Waals surface area contributed by atoms with E-state index in [0.29, 0.717) is 16.9 Å². The predicted octanol–water partition coefficient (Wildman–Crippen LogP) is 3.70. The number of non-ortho nitro benzene ring substituents is 1. The monoisotopic (exact) mass is 381 g/mol. The summed E-state index contributed by atoms with van der Waals surface area (Å²) in [6.45, 7) is 3.46. The number of nitro groups is 1. The van der Waals surface area contributed by atoms with Gasteiger partial charge in [-0.1, -0.05) is 30.3 Å². The molecule has 3 rings (SSSR count).